The third-order valence-corrected chi connectivity index (χ3v) is 2.70. The molecule has 0 bridgehead atoms. The fourth-order valence-electron chi connectivity index (χ4n) is 1.77. The summed E-state index contributed by atoms with van der Waals surface area (Å²) in [5.41, 5.74) is 8.41. The zero-order valence-electron chi connectivity index (χ0n) is 10.8. The number of nitrogens with two attached hydrogens (primary N) is 1. The number of nitrogens with one attached hydrogen (secondary N) is 2. The molecule has 2 aromatic carbocycles. The first-order valence-electron chi connectivity index (χ1n) is 5.80. The Kier molecular flexibility index (Phi) is 3.82. The minimum absolute atomic E-state index is 0.169. The molecule has 6 heteroatoms. The number of fused-ring (bicyclic) bond motifs is 1. The zero-order chi connectivity index (χ0) is 14.5. The molecule has 0 saturated carbocycles. The summed E-state index contributed by atoms with van der Waals surface area (Å²) < 4.78 is 5.33. The second-order valence-corrected chi connectivity index (χ2v) is 4.00. The van der Waals surface area contributed by atoms with Crippen molar-refractivity contribution in [3.63, 3.8) is 0 Å². The summed E-state index contributed by atoms with van der Waals surface area (Å²) in [6.07, 6.45) is 0. The average molecular weight is 267 g/mol. The summed E-state index contributed by atoms with van der Waals surface area (Å²) in [4.78, 5) is 0. The van der Waals surface area contributed by atoms with Crippen LogP contribution < -0.4 is 15.9 Å². The van der Waals surface area contributed by atoms with E-state index >= 15 is 0 Å². The first-order chi connectivity index (χ1) is 9.65. The number of rotatable bonds is 4. The zero-order valence-corrected chi connectivity index (χ0v) is 10.8. The van der Waals surface area contributed by atoms with Crippen LogP contribution in [-0.4, -0.2) is 18.7 Å². The molecule has 0 aliphatic heterocycles. The van der Waals surface area contributed by atoms with Crippen LogP contribution >= 0.6 is 0 Å². The summed E-state index contributed by atoms with van der Waals surface area (Å²) in [7, 11) is 1.59. The van der Waals surface area contributed by atoms with E-state index < -0.39 is 0 Å². The number of amidine groups is 1. The van der Waals surface area contributed by atoms with Crippen LogP contribution in [0.15, 0.2) is 41.5 Å². The Morgan fingerprint density at radius 1 is 1.40 bits per heavy atom. The lowest BCUT2D eigenvalue weighted by Crippen LogP contribution is -2.21. The van der Waals surface area contributed by atoms with Gasteiger partial charge in [0.1, 0.15) is 11.8 Å². The van der Waals surface area contributed by atoms with Crippen LogP contribution in [0.4, 0.5) is 5.69 Å². The average Bonchev–Trinajstić information content (AvgIpc) is 2.46. The molecule has 6 nitrogen and oxygen atoms in total. The third-order valence-electron chi connectivity index (χ3n) is 2.70. The predicted molar refractivity (Wildman–Crippen MR) is 79.1 cm³/mol. The highest BCUT2D eigenvalue weighted by Crippen LogP contribution is 2.29. The highest BCUT2D eigenvalue weighted by atomic mass is 16.5. The van der Waals surface area contributed by atoms with Crippen LogP contribution in [0.25, 0.3) is 10.8 Å². The quantitative estimate of drug-likeness (QED) is 0.447. The van der Waals surface area contributed by atoms with E-state index in [1.807, 2.05) is 30.3 Å². The fraction of sp³-hybridized carbons (Fsp3) is 0.0714. The molecule has 0 heterocycles. The van der Waals surface area contributed by atoms with Gasteiger partial charge >= 0.3 is 0 Å². The molecule has 2 aromatic rings. The molecule has 20 heavy (non-hydrogen) atoms. The van der Waals surface area contributed by atoms with Crippen molar-refractivity contribution in [3.8, 4) is 11.8 Å². The van der Waals surface area contributed by atoms with E-state index in [9.17, 15) is 0 Å². The molecule has 0 spiro atoms. The second-order valence-electron chi connectivity index (χ2n) is 4.00. The maximum atomic E-state index is 8.78. The molecule has 0 aromatic heterocycles. The van der Waals surface area contributed by atoms with Gasteiger partial charge in [0.05, 0.1) is 12.8 Å². The molecular formula is C14H13N5O. The Morgan fingerprint density at radius 2 is 2.15 bits per heavy atom. The van der Waals surface area contributed by atoms with Gasteiger partial charge in [0.15, 0.2) is 5.84 Å². The summed E-state index contributed by atoms with van der Waals surface area (Å²) >= 11 is 0. The topological polar surface area (TPSA) is 107 Å². The van der Waals surface area contributed by atoms with E-state index in [0.29, 0.717) is 11.4 Å². The van der Waals surface area contributed by atoms with Gasteiger partial charge in [0.2, 0.25) is 5.71 Å². The van der Waals surface area contributed by atoms with Gasteiger partial charge in [0, 0.05) is 11.5 Å². The SMILES string of the molecule is COc1cc(N/N=C(\C#N)C(=N)N)cc2ccccc12. The third kappa shape index (κ3) is 2.67. The smallest absolute Gasteiger partial charge is 0.201 e. The van der Waals surface area contributed by atoms with E-state index in [1.165, 1.54) is 0 Å². The van der Waals surface area contributed by atoms with E-state index in [-0.39, 0.29) is 11.5 Å². The van der Waals surface area contributed by atoms with Crippen molar-refractivity contribution in [2.24, 2.45) is 10.8 Å². The number of hydrogen-bond acceptors (Lipinski definition) is 5. The number of nitriles is 1. The molecule has 0 aliphatic carbocycles. The van der Waals surface area contributed by atoms with Crippen LogP contribution in [0.5, 0.6) is 5.75 Å². The normalized spacial score (nSPS) is 10.9. The van der Waals surface area contributed by atoms with Crippen molar-refractivity contribution in [2.45, 2.75) is 0 Å². The van der Waals surface area contributed by atoms with Crippen LogP contribution in [-0.2, 0) is 0 Å². The maximum Gasteiger partial charge on any atom is 0.201 e. The van der Waals surface area contributed by atoms with Crippen molar-refractivity contribution < 1.29 is 4.74 Å². The van der Waals surface area contributed by atoms with Crippen molar-refractivity contribution in [1.82, 2.24) is 0 Å². The number of nitrogens with zero attached hydrogens (tertiary/aromatic N) is 2. The molecule has 0 saturated heterocycles. The molecular weight excluding hydrogens is 254 g/mol. The second kappa shape index (κ2) is 5.71. The molecule has 0 fully saturated rings. The lowest BCUT2D eigenvalue weighted by atomic mass is 10.1. The Morgan fingerprint density at radius 3 is 2.80 bits per heavy atom. The van der Waals surface area contributed by atoms with Crippen molar-refractivity contribution in [3.05, 3.63) is 36.4 Å². The molecule has 0 radical (unpaired) electrons. The van der Waals surface area contributed by atoms with Gasteiger partial charge in [-0.05, 0) is 11.5 Å². The van der Waals surface area contributed by atoms with E-state index in [2.05, 4.69) is 10.5 Å². The fourth-order valence-corrected chi connectivity index (χ4v) is 1.77. The number of hydrazone groups is 1. The van der Waals surface area contributed by atoms with E-state index in [4.69, 9.17) is 21.1 Å². The lowest BCUT2D eigenvalue weighted by molar-refractivity contribution is 0.420. The van der Waals surface area contributed by atoms with Gasteiger partial charge in [-0.25, -0.2) is 0 Å². The predicted octanol–water partition coefficient (Wildman–Crippen LogP) is 2.08. The maximum absolute atomic E-state index is 8.78. The minimum Gasteiger partial charge on any atom is -0.496 e. The van der Waals surface area contributed by atoms with Crippen molar-refractivity contribution in [1.29, 1.82) is 10.7 Å². The lowest BCUT2D eigenvalue weighted by Gasteiger charge is -2.09. The van der Waals surface area contributed by atoms with Gasteiger partial charge in [-0.2, -0.15) is 10.4 Å². The highest BCUT2D eigenvalue weighted by molar-refractivity contribution is 6.45. The molecule has 0 amide bonds. The molecule has 0 atom stereocenters. The summed E-state index contributed by atoms with van der Waals surface area (Å²) in [6, 6.07) is 13.1. The number of benzene rings is 2. The summed E-state index contributed by atoms with van der Waals surface area (Å²) in [5, 5.41) is 21.7. The molecule has 4 N–H and O–H groups in total. The Labute approximate surface area is 116 Å². The first-order valence-corrected chi connectivity index (χ1v) is 5.80. The highest BCUT2D eigenvalue weighted by Gasteiger charge is 2.05. The van der Waals surface area contributed by atoms with Crippen molar-refractivity contribution >= 4 is 28.0 Å². The van der Waals surface area contributed by atoms with Gasteiger partial charge in [0.25, 0.3) is 0 Å². The van der Waals surface area contributed by atoms with E-state index in [0.717, 1.165) is 10.8 Å². The Hall–Kier alpha value is -3.07. The summed E-state index contributed by atoms with van der Waals surface area (Å²) in [6.45, 7) is 0. The minimum atomic E-state index is -0.382. The van der Waals surface area contributed by atoms with Crippen LogP contribution in [0, 0.1) is 16.7 Å². The monoisotopic (exact) mass is 267 g/mol. The molecule has 0 aliphatic rings. The van der Waals surface area contributed by atoms with Crippen LogP contribution in [0.2, 0.25) is 0 Å². The number of anilines is 1. The van der Waals surface area contributed by atoms with Gasteiger partial charge in [-0.15, -0.1) is 0 Å². The van der Waals surface area contributed by atoms with Crippen LogP contribution in [0.3, 0.4) is 0 Å². The molecule has 2 rings (SSSR count). The van der Waals surface area contributed by atoms with Gasteiger partial charge < -0.3 is 10.5 Å². The molecule has 100 valence electrons. The number of ether oxygens (including phenoxy) is 1. The number of methoxy groups -OCH3 is 1. The Balaban J connectivity index is 2.41. The first kappa shape index (κ1) is 13.4. The van der Waals surface area contributed by atoms with Crippen LogP contribution in [0.1, 0.15) is 0 Å². The van der Waals surface area contributed by atoms with Crippen molar-refractivity contribution in [2.75, 3.05) is 12.5 Å². The van der Waals surface area contributed by atoms with Gasteiger partial charge in [-0.3, -0.25) is 10.8 Å². The van der Waals surface area contributed by atoms with E-state index in [1.54, 1.807) is 19.2 Å². The Bertz CT molecular complexity index is 730. The largest absolute Gasteiger partial charge is 0.496 e. The van der Waals surface area contributed by atoms with Gasteiger partial charge in [-0.1, -0.05) is 24.3 Å². The standard InChI is InChI=1S/C14H13N5O/c1-20-13-7-10(18-19-12(8-15)14(16)17)6-9-4-2-3-5-11(9)13/h2-7,18H,1H3,(H3,16,17)/b19-12+. The number of hydrogen-bond donors (Lipinski definition) is 3. The summed E-state index contributed by atoms with van der Waals surface area (Å²) in [5.74, 6) is 0.315. The molecule has 0 unspecified atom stereocenters.